The molecule has 2 aromatic carbocycles. The monoisotopic (exact) mass is 402 g/mol. The molecule has 1 N–H and O–H groups in total. The Labute approximate surface area is 173 Å². The van der Waals surface area contributed by atoms with Crippen molar-refractivity contribution in [3.05, 3.63) is 65.0 Å². The van der Waals surface area contributed by atoms with Gasteiger partial charge in [-0.2, -0.15) is 5.10 Å². The van der Waals surface area contributed by atoms with Crippen molar-refractivity contribution in [2.24, 2.45) is 0 Å². The summed E-state index contributed by atoms with van der Waals surface area (Å²) in [6.07, 6.45) is 1.13. The Bertz CT molecular complexity index is 1240. The number of carbonyl (C=O) groups excluding carboxylic acids is 1. The molecule has 2 aromatic heterocycles. The van der Waals surface area contributed by atoms with Crippen LogP contribution in [0.15, 0.2) is 42.5 Å². The number of hydrogen-bond donors (Lipinski definition) is 1. The third-order valence-corrected chi connectivity index (χ3v) is 5.76. The van der Waals surface area contributed by atoms with Crippen LogP contribution in [-0.2, 0) is 6.42 Å². The van der Waals surface area contributed by atoms with E-state index in [-0.39, 0.29) is 11.7 Å². The summed E-state index contributed by atoms with van der Waals surface area (Å²) >= 11 is 0. The number of rotatable bonds is 4. The Morgan fingerprint density at radius 1 is 1.07 bits per heavy atom. The van der Waals surface area contributed by atoms with Crippen molar-refractivity contribution < 1.29 is 14.3 Å². The van der Waals surface area contributed by atoms with Crippen LogP contribution in [0.1, 0.15) is 39.6 Å². The summed E-state index contributed by atoms with van der Waals surface area (Å²) in [5.74, 6) is 2.10. The molecule has 1 atom stereocenters. The summed E-state index contributed by atoms with van der Waals surface area (Å²) in [6, 6.07) is 13.7. The highest BCUT2D eigenvalue weighted by Gasteiger charge is 2.33. The first-order valence-electron chi connectivity index (χ1n) is 9.87. The molecule has 0 spiro atoms. The Kier molecular flexibility index (Phi) is 4.31. The lowest BCUT2D eigenvalue weighted by Gasteiger charge is -2.23. The maximum Gasteiger partial charge on any atom is 0.229 e. The van der Waals surface area contributed by atoms with Gasteiger partial charge in [-0.1, -0.05) is 18.2 Å². The van der Waals surface area contributed by atoms with Crippen LogP contribution in [0.25, 0.3) is 17.0 Å². The summed E-state index contributed by atoms with van der Waals surface area (Å²) in [4.78, 5) is 21.0. The number of carbonyl (C=O) groups is 1. The molecule has 4 aromatic rings. The first-order valence-corrected chi connectivity index (χ1v) is 9.87. The number of aryl methyl sites for hydroxylation is 1. The molecule has 0 amide bonds. The van der Waals surface area contributed by atoms with E-state index in [1.165, 1.54) is 0 Å². The van der Waals surface area contributed by atoms with Crippen LogP contribution < -0.4 is 9.47 Å². The molecular weight excluding hydrogens is 380 g/mol. The highest BCUT2D eigenvalue weighted by atomic mass is 16.5. The Morgan fingerprint density at radius 3 is 2.63 bits per heavy atom. The number of nitrogens with zero attached hydrogens (tertiary/aromatic N) is 3. The number of imidazole rings is 1. The first-order chi connectivity index (χ1) is 14.6. The quantitative estimate of drug-likeness (QED) is 0.558. The number of para-hydroxylation sites is 2. The number of aromatic nitrogens is 4. The summed E-state index contributed by atoms with van der Waals surface area (Å²) in [6.45, 7) is 1.88. The normalized spacial score (nSPS) is 16.0. The number of benzene rings is 2. The van der Waals surface area contributed by atoms with Crippen LogP contribution in [0.4, 0.5) is 0 Å². The van der Waals surface area contributed by atoms with E-state index in [4.69, 9.17) is 9.47 Å². The van der Waals surface area contributed by atoms with Crippen molar-refractivity contribution in [1.29, 1.82) is 0 Å². The number of ether oxygens (including phenoxy) is 2. The van der Waals surface area contributed by atoms with Crippen LogP contribution in [0, 0.1) is 6.92 Å². The van der Waals surface area contributed by atoms with Gasteiger partial charge in [0.05, 0.1) is 42.2 Å². The van der Waals surface area contributed by atoms with E-state index in [1.54, 1.807) is 18.9 Å². The lowest BCUT2D eigenvalue weighted by atomic mass is 9.81. The van der Waals surface area contributed by atoms with Crippen molar-refractivity contribution in [3.63, 3.8) is 0 Å². The van der Waals surface area contributed by atoms with Gasteiger partial charge >= 0.3 is 0 Å². The van der Waals surface area contributed by atoms with Gasteiger partial charge in [-0.3, -0.25) is 4.79 Å². The Hall–Kier alpha value is -3.61. The zero-order valence-corrected chi connectivity index (χ0v) is 17.1. The lowest BCUT2D eigenvalue weighted by molar-refractivity contribution is 0.0963. The number of nitrogens with one attached hydrogen (secondary N) is 1. The lowest BCUT2D eigenvalue weighted by Crippen LogP contribution is -2.21. The molecule has 0 saturated heterocycles. The molecule has 1 aliphatic rings. The number of fused-ring (bicyclic) bond motifs is 2. The first kappa shape index (κ1) is 18.4. The number of H-pyrrole nitrogens is 1. The highest BCUT2D eigenvalue weighted by Crippen LogP contribution is 2.38. The fourth-order valence-corrected chi connectivity index (χ4v) is 4.32. The predicted molar refractivity (Wildman–Crippen MR) is 113 cm³/mol. The third kappa shape index (κ3) is 2.85. The number of ketones is 1. The van der Waals surface area contributed by atoms with Crippen molar-refractivity contribution in [2.45, 2.75) is 25.7 Å². The second kappa shape index (κ2) is 7.02. The zero-order valence-electron chi connectivity index (χ0n) is 17.1. The topological polar surface area (TPSA) is 82.0 Å². The average Bonchev–Trinajstić information content (AvgIpc) is 3.34. The third-order valence-electron chi connectivity index (χ3n) is 5.76. The van der Waals surface area contributed by atoms with Crippen molar-refractivity contribution in [2.75, 3.05) is 14.2 Å². The number of hydrogen-bond acceptors (Lipinski definition) is 5. The minimum absolute atomic E-state index is 0.0315. The van der Waals surface area contributed by atoms with E-state index in [0.29, 0.717) is 35.9 Å². The molecule has 7 heteroatoms. The second-order valence-electron chi connectivity index (χ2n) is 7.54. The zero-order chi connectivity index (χ0) is 20.8. The minimum Gasteiger partial charge on any atom is -0.493 e. The minimum atomic E-state index is 0.0315. The number of methoxy groups -OCH3 is 2. The summed E-state index contributed by atoms with van der Waals surface area (Å²) in [5, 5.41) is 4.65. The fraction of sp³-hybridized carbons (Fsp3) is 0.261. The van der Waals surface area contributed by atoms with Crippen LogP contribution in [0.3, 0.4) is 0 Å². The number of aromatic amines is 1. The van der Waals surface area contributed by atoms with E-state index < -0.39 is 0 Å². The van der Waals surface area contributed by atoms with Gasteiger partial charge < -0.3 is 14.5 Å². The van der Waals surface area contributed by atoms with Gasteiger partial charge in [0.1, 0.15) is 0 Å². The molecule has 0 radical (unpaired) electrons. The molecule has 1 unspecified atom stereocenters. The SMILES string of the molecule is COc1ccc(C2CC(=O)c3c(C)nn(-c4nc5ccccc5[nH]4)c3C2)cc1OC. The molecule has 0 aliphatic heterocycles. The van der Waals surface area contributed by atoms with Gasteiger partial charge in [0.2, 0.25) is 5.95 Å². The molecule has 0 saturated carbocycles. The van der Waals surface area contributed by atoms with E-state index >= 15 is 0 Å². The van der Waals surface area contributed by atoms with Crippen molar-refractivity contribution in [1.82, 2.24) is 19.7 Å². The number of Topliss-reactive ketones (excluding diaryl/α,β-unsaturated/α-hetero) is 1. The molecule has 7 nitrogen and oxygen atoms in total. The summed E-state index contributed by atoms with van der Waals surface area (Å²) in [7, 11) is 3.23. The van der Waals surface area contributed by atoms with E-state index in [1.807, 2.05) is 49.4 Å². The van der Waals surface area contributed by atoms with E-state index in [2.05, 4.69) is 15.1 Å². The molecule has 152 valence electrons. The maximum absolute atomic E-state index is 13.0. The van der Waals surface area contributed by atoms with Crippen LogP contribution in [-0.4, -0.2) is 39.8 Å². The molecule has 30 heavy (non-hydrogen) atoms. The molecule has 2 heterocycles. The van der Waals surface area contributed by atoms with Crippen LogP contribution in [0.5, 0.6) is 11.5 Å². The summed E-state index contributed by atoms with van der Waals surface area (Å²) < 4.78 is 12.6. The van der Waals surface area contributed by atoms with Crippen molar-refractivity contribution >= 4 is 16.8 Å². The fourth-order valence-electron chi connectivity index (χ4n) is 4.32. The van der Waals surface area contributed by atoms with Gasteiger partial charge in [0.25, 0.3) is 0 Å². The molecule has 0 fully saturated rings. The molecular formula is C23H22N4O3. The van der Waals surface area contributed by atoms with E-state index in [9.17, 15) is 4.79 Å². The molecule has 1 aliphatic carbocycles. The van der Waals surface area contributed by atoms with Gasteiger partial charge in [0.15, 0.2) is 17.3 Å². The second-order valence-corrected chi connectivity index (χ2v) is 7.54. The van der Waals surface area contributed by atoms with Gasteiger partial charge in [-0.25, -0.2) is 9.67 Å². The molecule has 0 bridgehead atoms. The van der Waals surface area contributed by atoms with Crippen LogP contribution in [0.2, 0.25) is 0 Å². The van der Waals surface area contributed by atoms with Crippen LogP contribution >= 0.6 is 0 Å². The standard InChI is InChI=1S/C23H22N4O3/c1-13-22-18(27(26-13)23-24-16-6-4-5-7-17(16)25-23)10-15(11-19(22)28)14-8-9-20(29-2)21(12-14)30-3/h4-9,12,15H,10-11H2,1-3H3,(H,24,25). The average molecular weight is 402 g/mol. The Morgan fingerprint density at radius 2 is 1.87 bits per heavy atom. The predicted octanol–water partition coefficient (Wildman–Crippen LogP) is 3.99. The van der Waals surface area contributed by atoms with Gasteiger partial charge in [-0.15, -0.1) is 0 Å². The van der Waals surface area contributed by atoms with Gasteiger partial charge in [-0.05, 0) is 49.1 Å². The van der Waals surface area contributed by atoms with Gasteiger partial charge in [0, 0.05) is 6.42 Å². The largest absolute Gasteiger partial charge is 0.493 e. The van der Waals surface area contributed by atoms with E-state index in [0.717, 1.165) is 28.0 Å². The Balaban J connectivity index is 1.58. The molecule has 5 rings (SSSR count). The highest BCUT2D eigenvalue weighted by molar-refractivity contribution is 6.00. The van der Waals surface area contributed by atoms with Crippen molar-refractivity contribution in [3.8, 4) is 17.4 Å². The smallest absolute Gasteiger partial charge is 0.229 e. The maximum atomic E-state index is 13.0. The summed E-state index contributed by atoms with van der Waals surface area (Å²) in [5.41, 5.74) is 5.19.